The minimum atomic E-state index is -0.600. The Morgan fingerprint density at radius 2 is 1.65 bits per heavy atom. The second-order valence-corrected chi connectivity index (χ2v) is 7.46. The van der Waals surface area contributed by atoms with E-state index in [2.05, 4.69) is 12.1 Å². The van der Waals surface area contributed by atoms with Gasteiger partial charge in [0.15, 0.2) is 6.61 Å². The fraction of sp³-hybridized carbons (Fsp3) is 0.192. The molecule has 31 heavy (non-hydrogen) atoms. The van der Waals surface area contributed by atoms with E-state index in [0.29, 0.717) is 28.8 Å². The van der Waals surface area contributed by atoms with E-state index < -0.39 is 5.97 Å². The van der Waals surface area contributed by atoms with Crippen LogP contribution in [0.3, 0.4) is 0 Å². The lowest BCUT2D eigenvalue weighted by Crippen LogP contribution is -2.31. The number of rotatable bonds is 6. The van der Waals surface area contributed by atoms with E-state index in [1.165, 1.54) is 5.56 Å². The van der Waals surface area contributed by atoms with Crippen molar-refractivity contribution in [2.24, 2.45) is 0 Å². The van der Waals surface area contributed by atoms with Crippen LogP contribution in [0.25, 0.3) is 11.1 Å². The smallest absolute Gasteiger partial charge is 0.339 e. The first-order valence-corrected chi connectivity index (χ1v) is 9.96. The zero-order valence-electron chi connectivity index (χ0n) is 17.9. The Labute approximate surface area is 182 Å². The van der Waals surface area contributed by atoms with Gasteiger partial charge < -0.3 is 9.64 Å². The molecule has 5 heteroatoms. The summed E-state index contributed by atoms with van der Waals surface area (Å²) in [4.78, 5) is 26.8. The fourth-order valence-electron chi connectivity index (χ4n) is 3.39. The van der Waals surface area contributed by atoms with Gasteiger partial charge >= 0.3 is 5.97 Å². The Morgan fingerprint density at radius 3 is 2.35 bits per heavy atom. The number of esters is 1. The molecular formula is C26H24N2O3. The monoisotopic (exact) mass is 412 g/mol. The summed E-state index contributed by atoms with van der Waals surface area (Å²) in [7, 11) is 1.69. The number of nitrogens with zero attached hydrogens (tertiary/aromatic N) is 2. The van der Waals surface area contributed by atoms with Gasteiger partial charge in [-0.05, 0) is 42.7 Å². The molecule has 0 atom stereocenters. The maximum absolute atomic E-state index is 12.7. The summed E-state index contributed by atoms with van der Waals surface area (Å²) >= 11 is 0. The molecule has 5 nitrogen and oxygen atoms in total. The van der Waals surface area contributed by atoms with Crippen molar-refractivity contribution in [2.75, 3.05) is 13.7 Å². The van der Waals surface area contributed by atoms with Crippen LogP contribution in [-0.4, -0.2) is 30.4 Å². The minimum absolute atomic E-state index is 0.289. The van der Waals surface area contributed by atoms with Gasteiger partial charge in [0.1, 0.15) is 0 Å². The molecule has 0 heterocycles. The quantitative estimate of drug-likeness (QED) is 0.552. The van der Waals surface area contributed by atoms with Gasteiger partial charge in [0, 0.05) is 19.2 Å². The van der Waals surface area contributed by atoms with Gasteiger partial charge in [0.2, 0.25) is 0 Å². The summed E-state index contributed by atoms with van der Waals surface area (Å²) in [5.41, 5.74) is 5.35. The zero-order chi connectivity index (χ0) is 22.4. The van der Waals surface area contributed by atoms with E-state index in [4.69, 9.17) is 4.74 Å². The van der Waals surface area contributed by atoms with Crippen molar-refractivity contribution in [1.29, 1.82) is 5.26 Å². The van der Waals surface area contributed by atoms with Gasteiger partial charge in [0.25, 0.3) is 5.91 Å². The highest BCUT2D eigenvalue weighted by Gasteiger charge is 2.18. The maximum Gasteiger partial charge on any atom is 0.339 e. The van der Waals surface area contributed by atoms with Crippen molar-refractivity contribution in [2.45, 2.75) is 20.4 Å². The number of ether oxygens (including phenoxy) is 1. The van der Waals surface area contributed by atoms with Gasteiger partial charge in [-0.25, -0.2) is 4.79 Å². The van der Waals surface area contributed by atoms with Crippen LogP contribution in [-0.2, 0) is 16.1 Å². The first-order chi connectivity index (χ1) is 14.9. The number of aryl methyl sites for hydroxylation is 2. The minimum Gasteiger partial charge on any atom is -0.452 e. The van der Waals surface area contributed by atoms with Gasteiger partial charge in [-0.3, -0.25) is 4.79 Å². The predicted octanol–water partition coefficient (Wildman–Crippen LogP) is 4.66. The predicted molar refractivity (Wildman–Crippen MR) is 119 cm³/mol. The van der Waals surface area contributed by atoms with Crippen LogP contribution >= 0.6 is 0 Å². The number of hydrogen-bond donors (Lipinski definition) is 0. The molecule has 0 unspecified atom stereocenters. The molecule has 0 fully saturated rings. The molecule has 3 aromatic rings. The van der Waals surface area contributed by atoms with Crippen LogP contribution in [0.1, 0.15) is 32.6 Å². The van der Waals surface area contributed by atoms with Crippen molar-refractivity contribution >= 4 is 11.9 Å². The van der Waals surface area contributed by atoms with Crippen LogP contribution in [0.15, 0.2) is 66.7 Å². The lowest BCUT2D eigenvalue weighted by atomic mass is 9.96. The lowest BCUT2D eigenvalue weighted by molar-refractivity contribution is -0.133. The zero-order valence-corrected chi connectivity index (χ0v) is 17.9. The molecule has 0 N–H and O–H groups in total. The molecule has 0 aliphatic rings. The lowest BCUT2D eigenvalue weighted by Gasteiger charge is -2.19. The van der Waals surface area contributed by atoms with E-state index in [1.54, 1.807) is 54.4 Å². The average Bonchev–Trinajstić information content (AvgIpc) is 2.78. The average molecular weight is 412 g/mol. The number of nitriles is 1. The van der Waals surface area contributed by atoms with Crippen LogP contribution in [0, 0.1) is 25.2 Å². The first kappa shape index (κ1) is 21.8. The summed E-state index contributed by atoms with van der Waals surface area (Å²) in [6.45, 7) is 4.12. The number of benzene rings is 3. The molecule has 0 aromatic heterocycles. The van der Waals surface area contributed by atoms with E-state index in [-0.39, 0.29) is 12.5 Å². The third-order valence-corrected chi connectivity index (χ3v) is 5.14. The van der Waals surface area contributed by atoms with E-state index in [1.807, 2.05) is 32.0 Å². The molecular weight excluding hydrogens is 388 g/mol. The SMILES string of the molecule is Cc1ccc(CN(C)C(=O)COC(=O)c2ccccc2-c2ccccc2C#N)c(C)c1. The fourth-order valence-corrected chi connectivity index (χ4v) is 3.39. The topological polar surface area (TPSA) is 70.4 Å². The second-order valence-electron chi connectivity index (χ2n) is 7.46. The Morgan fingerprint density at radius 1 is 0.968 bits per heavy atom. The Balaban J connectivity index is 1.70. The van der Waals surface area contributed by atoms with Crippen LogP contribution in [0.4, 0.5) is 0 Å². The highest BCUT2D eigenvalue weighted by molar-refractivity contribution is 5.98. The van der Waals surface area contributed by atoms with Crippen molar-refractivity contribution < 1.29 is 14.3 Å². The third kappa shape index (κ3) is 5.18. The van der Waals surface area contributed by atoms with Crippen LogP contribution < -0.4 is 0 Å². The third-order valence-electron chi connectivity index (χ3n) is 5.14. The summed E-state index contributed by atoms with van der Waals surface area (Å²) in [5, 5.41) is 9.39. The molecule has 1 amide bonds. The summed E-state index contributed by atoms with van der Waals surface area (Å²) in [6, 6.07) is 22.2. The van der Waals surface area contributed by atoms with Gasteiger partial charge in [-0.1, -0.05) is 60.2 Å². The first-order valence-electron chi connectivity index (χ1n) is 9.96. The Kier molecular flexibility index (Phi) is 6.84. The van der Waals surface area contributed by atoms with Gasteiger partial charge in [0.05, 0.1) is 17.2 Å². The second kappa shape index (κ2) is 9.73. The Hall–Kier alpha value is -3.91. The molecule has 0 bridgehead atoms. The maximum atomic E-state index is 12.7. The van der Waals surface area contributed by atoms with E-state index >= 15 is 0 Å². The number of carbonyl (C=O) groups is 2. The van der Waals surface area contributed by atoms with Crippen molar-refractivity contribution in [3.8, 4) is 17.2 Å². The molecule has 0 saturated heterocycles. The molecule has 0 spiro atoms. The molecule has 3 aromatic carbocycles. The standard InChI is InChI=1S/C26H24N2O3/c1-18-12-13-21(19(2)14-18)16-28(3)25(29)17-31-26(30)24-11-7-6-10-23(24)22-9-5-4-8-20(22)15-27/h4-14H,16-17H2,1-3H3. The summed E-state index contributed by atoms with van der Waals surface area (Å²) < 4.78 is 5.32. The number of likely N-dealkylation sites (N-methyl/N-ethyl adjacent to an activating group) is 1. The molecule has 156 valence electrons. The van der Waals surface area contributed by atoms with Gasteiger partial charge in [-0.15, -0.1) is 0 Å². The number of carbonyl (C=O) groups excluding carboxylic acids is 2. The molecule has 0 aliphatic carbocycles. The molecule has 0 aliphatic heterocycles. The summed E-state index contributed by atoms with van der Waals surface area (Å²) in [5.74, 6) is -0.889. The van der Waals surface area contributed by atoms with Crippen molar-refractivity contribution in [3.63, 3.8) is 0 Å². The summed E-state index contributed by atoms with van der Waals surface area (Å²) in [6.07, 6.45) is 0. The number of amides is 1. The normalized spacial score (nSPS) is 10.3. The molecule has 3 rings (SSSR count). The number of hydrogen-bond acceptors (Lipinski definition) is 4. The Bertz CT molecular complexity index is 1160. The van der Waals surface area contributed by atoms with Crippen molar-refractivity contribution in [3.05, 3.63) is 94.5 Å². The van der Waals surface area contributed by atoms with Crippen LogP contribution in [0.2, 0.25) is 0 Å². The highest BCUT2D eigenvalue weighted by atomic mass is 16.5. The molecule has 0 radical (unpaired) electrons. The highest BCUT2D eigenvalue weighted by Crippen LogP contribution is 2.27. The van der Waals surface area contributed by atoms with Gasteiger partial charge in [-0.2, -0.15) is 5.26 Å². The molecule has 0 saturated carbocycles. The van der Waals surface area contributed by atoms with E-state index in [0.717, 1.165) is 11.1 Å². The largest absolute Gasteiger partial charge is 0.452 e. The van der Waals surface area contributed by atoms with E-state index in [9.17, 15) is 14.9 Å². The van der Waals surface area contributed by atoms with Crippen molar-refractivity contribution in [1.82, 2.24) is 4.90 Å². The van der Waals surface area contributed by atoms with Crippen LogP contribution in [0.5, 0.6) is 0 Å².